The Morgan fingerprint density at radius 3 is 2.56 bits per heavy atom. The lowest BCUT2D eigenvalue weighted by atomic mass is 10.1. The van der Waals surface area contributed by atoms with E-state index in [2.05, 4.69) is 31.1 Å². The second-order valence-corrected chi connectivity index (χ2v) is 4.50. The molecule has 0 fully saturated rings. The van der Waals surface area contributed by atoms with Crippen molar-refractivity contribution in [3.63, 3.8) is 0 Å². The molecule has 0 aromatic heterocycles. The zero-order valence-electron chi connectivity index (χ0n) is 11.6. The van der Waals surface area contributed by atoms with Crippen LogP contribution in [0.1, 0.15) is 39.5 Å². The lowest BCUT2D eigenvalue weighted by Gasteiger charge is -2.20. The first-order valence-electron chi connectivity index (χ1n) is 6.65. The van der Waals surface area contributed by atoms with Gasteiger partial charge in [-0.2, -0.15) is 0 Å². The molecule has 0 spiro atoms. The Hall–Kier alpha value is -0.120. The van der Waals surface area contributed by atoms with E-state index in [9.17, 15) is 0 Å². The van der Waals surface area contributed by atoms with Gasteiger partial charge in [0.1, 0.15) is 0 Å². The summed E-state index contributed by atoms with van der Waals surface area (Å²) in [7, 11) is 3.90. The maximum absolute atomic E-state index is 5.05. The smallest absolute Gasteiger partial charge is 0.0589 e. The summed E-state index contributed by atoms with van der Waals surface area (Å²) in [5.41, 5.74) is 0. The van der Waals surface area contributed by atoms with Gasteiger partial charge >= 0.3 is 0 Å². The van der Waals surface area contributed by atoms with E-state index in [4.69, 9.17) is 4.74 Å². The Kier molecular flexibility index (Phi) is 11.3. The van der Waals surface area contributed by atoms with E-state index in [0.29, 0.717) is 6.04 Å². The van der Waals surface area contributed by atoms with Gasteiger partial charge in [0.25, 0.3) is 0 Å². The molecule has 98 valence electrons. The van der Waals surface area contributed by atoms with Crippen LogP contribution in [0.2, 0.25) is 0 Å². The van der Waals surface area contributed by atoms with Crippen molar-refractivity contribution in [2.45, 2.75) is 45.6 Å². The van der Waals surface area contributed by atoms with Crippen molar-refractivity contribution in [1.82, 2.24) is 10.2 Å². The Morgan fingerprint density at radius 2 is 2.00 bits per heavy atom. The molecule has 0 heterocycles. The summed E-state index contributed by atoms with van der Waals surface area (Å²) in [6, 6.07) is 0.704. The summed E-state index contributed by atoms with van der Waals surface area (Å²) >= 11 is 0. The van der Waals surface area contributed by atoms with Crippen molar-refractivity contribution < 1.29 is 4.74 Å². The number of unbranched alkanes of at least 4 members (excludes halogenated alkanes) is 1. The minimum atomic E-state index is 0.704. The van der Waals surface area contributed by atoms with Gasteiger partial charge < -0.3 is 15.0 Å². The van der Waals surface area contributed by atoms with Crippen LogP contribution in [0.5, 0.6) is 0 Å². The summed E-state index contributed by atoms with van der Waals surface area (Å²) in [6.07, 6.45) is 5.19. The van der Waals surface area contributed by atoms with E-state index in [-0.39, 0.29) is 0 Å². The summed E-state index contributed by atoms with van der Waals surface area (Å²) in [5.74, 6) is 0. The van der Waals surface area contributed by atoms with Crippen LogP contribution in [0.25, 0.3) is 0 Å². The van der Waals surface area contributed by atoms with Crippen LogP contribution in [0.3, 0.4) is 0 Å². The van der Waals surface area contributed by atoms with Crippen molar-refractivity contribution in [3.05, 3.63) is 0 Å². The standard InChI is InChI=1S/C13H30N2O/c1-5-7-8-13(6-2)14-9-10-15(3)11-12-16-4/h13-14H,5-12H2,1-4H3. The summed E-state index contributed by atoms with van der Waals surface area (Å²) in [5, 5.41) is 3.63. The molecular formula is C13H30N2O. The number of nitrogens with zero attached hydrogens (tertiary/aromatic N) is 1. The molecule has 3 nitrogen and oxygen atoms in total. The van der Waals surface area contributed by atoms with Crippen LogP contribution in [0.4, 0.5) is 0 Å². The molecule has 0 saturated carbocycles. The second-order valence-electron chi connectivity index (χ2n) is 4.50. The maximum Gasteiger partial charge on any atom is 0.0589 e. The highest BCUT2D eigenvalue weighted by Gasteiger charge is 2.04. The molecule has 1 unspecified atom stereocenters. The minimum absolute atomic E-state index is 0.704. The SMILES string of the molecule is CCCCC(CC)NCCN(C)CCOC. The maximum atomic E-state index is 5.05. The lowest BCUT2D eigenvalue weighted by Crippen LogP contribution is -2.36. The third-order valence-corrected chi connectivity index (χ3v) is 3.00. The van der Waals surface area contributed by atoms with Gasteiger partial charge in [0.05, 0.1) is 6.61 Å². The second kappa shape index (κ2) is 11.4. The number of nitrogens with one attached hydrogen (secondary N) is 1. The number of methoxy groups -OCH3 is 1. The fourth-order valence-corrected chi connectivity index (χ4v) is 1.72. The quantitative estimate of drug-likeness (QED) is 0.588. The van der Waals surface area contributed by atoms with Crippen molar-refractivity contribution in [3.8, 4) is 0 Å². The molecule has 0 aromatic carbocycles. The van der Waals surface area contributed by atoms with Gasteiger partial charge in [0, 0.05) is 32.8 Å². The van der Waals surface area contributed by atoms with Crippen molar-refractivity contribution in [1.29, 1.82) is 0 Å². The van der Waals surface area contributed by atoms with Crippen LogP contribution >= 0.6 is 0 Å². The Labute approximate surface area is 102 Å². The van der Waals surface area contributed by atoms with Gasteiger partial charge in [-0.25, -0.2) is 0 Å². The molecule has 0 aliphatic carbocycles. The molecule has 16 heavy (non-hydrogen) atoms. The fourth-order valence-electron chi connectivity index (χ4n) is 1.72. The Balaban J connectivity index is 3.45. The van der Waals surface area contributed by atoms with Gasteiger partial charge in [-0.05, 0) is 19.9 Å². The summed E-state index contributed by atoms with van der Waals surface area (Å²) in [4.78, 5) is 2.31. The molecule has 0 saturated heterocycles. The zero-order chi connectivity index (χ0) is 12.2. The fraction of sp³-hybridized carbons (Fsp3) is 1.00. The zero-order valence-corrected chi connectivity index (χ0v) is 11.6. The highest BCUT2D eigenvalue weighted by molar-refractivity contribution is 4.65. The van der Waals surface area contributed by atoms with E-state index >= 15 is 0 Å². The molecule has 0 amide bonds. The van der Waals surface area contributed by atoms with E-state index < -0.39 is 0 Å². The molecule has 0 rings (SSSR count). The van der Waals surface area contributed by atoms with Crippen LogP contribution in [0.15, 0.2) is 0 Å². The van der Waals surface area contributed by atoms with Crippen LogP contribution in [-0.2, 0) is 4.74 Å². The van der Waals surface area contributed by atoms with Crippen molar-refractivity contribution in [2.75, 3.05) is 40.4 Å². The van der Waals surface area contributed by atoms with Crippen LogP contribution in [0, 0.1) is 0 Å². The molecule has 0 bridgehead atoms. The predicted molar refractivity (Wildman–Crippen MR) is 71.0 cm³/mol. The van der Waals surface area contributed by atoms with Gasteiger partial charge in [0.15, 0.2) is 0 Å². The lowest BCUT2D eigenvalue weighted by molar-refractivity contribution is 0.161. The molecule has 1 atom stereocenters. The number of likely N-dealkylation sites (N-methyl/N-ethyl adjacent to an activating group) is 1. The number of rotatable bonds is 11. The first-order chi connectivity index (χ1) is 7.74. The Bertz CT molecular complexity index is 142. The summed E-state index contributed by atoms with van der Waals surface area (Å²) in [6.45, 7) is 8.55. The normalized spacial score (nSPS) is 13.3. The predicted octanol–water partition coefficient (Wildman–Crippen LogP) is 2.12. The van der Waals surface area contributed by atoms with E-state index in [1.807, 2.05) is 0 Å². The third-order valence-electron chi connectivity index (χ3n) is 3.00. The van der Waals surface area contributed by atoms with Crippen LogP contribution < -0.4 is 5.32 Å². The summed E-state index contributed by atoms with van der Waals surface area (Å²) < 4.78 is 5.05. The molecule has 0 aliphatic heterocycles. The first kappa shape index (κ1) is 15.9. The van der Waals surface area contributed by atoms with Gasteiger partial charge in [-0.3, -0.25) is 0 Å². The minimum Gasteiger partial charge on any atom is -0.383 e. The molecule has 1 N–H and O–H groups in total. The number of hydrogen-bond acceptors (Lipinski definition) is 3. The number of hydrogen-bond donors (Lipinski definition) is 1. The Morgan fingerprint density at radius 1 is 1.25 bits per heavy atom. The monoisotopic (exact) mass is 230 g/mol. The van der Waals surface area contributed by atoms with E-state index in [1.165, 1.54) is 25.7 Å². The highest BCUT2D eigenvalue weighted by Crippen LogP contribution is 2.03. The molecule has 0 aliphatic rings. The number of ether oxygens (including phenoxy) is 1. The van der Waals surface area contributed by atoms with Gasteiger partial charge in [-0.15, -0.1) is 0 Å². The van der Waals surface area contributed by atoms with Crippen LogP contribution in [-0.4, -0.2) is 51.3 Å². The topological polar surface area (TPSA) is 24.5 Å². The van der Waals surface area contributed by atoms with Gasteiger partial charge in [-0.1, -0.05) is 26.7 Å². The molecule has 0 aromatic rings. The molecular weight excluding hydrogens is 200 g/mol. The van der Waals surface area contributed by atoms with Crippen molar-refractivity contribution >= 4 is 0 Å². The van der Waals surface area contributed by atoms with Gasteiger partial charge in [0.2, 0.25) is 0 Å². The average Bonchev–Trinajstić information content (AvgIpc) is 2.30. The van der Waals surface area contributed by atoms with E-state index in [1.54, 1.807) is 7.11 Å². The molecule has 3 heteroatoms. The largest absolute Gasteiger partial charge is 0.383 e. The first-order valence-corrected chi connectivity index (χ1v) is 6.65. The third kappa shape index (κ3) is 9.13. The highest BCUT2D eigenvalue weighted by atomic mass is 16.5. The van der Waals surface area contributed by atoms with Crippen molar-refractivity contribution in [2.24, 2.45) is 0 Å². The van der Waals surface area contributed by atoms with E-state index in [0.717, 1.165) is 26.2 Å². The molecule has 0 radical (unpaired) electrons. The average molecular weight is 230 g/mol.